The van der Waals surface area contributed by atoms with Crippen LogP contribution in [0.2, 0.25) is 0 Å². The van der Waals surface area contributed by atoms with Crippen molar-refractivity contribution >= 4 is 0 Å². The van der Waals surface area contributed by atoms with Gasteiger partial charge in [-0.3, -0.25) is 4.90 Å². The average molecular weight is 242 g/mol. The maximum absolute atomic E-state index is 5.98. The van der Waals surface area contributed by atoms with Gasteiger partial charge in [-0.05, 0) is 46.0 Å². The van der Waals surface area contributed by atoms with Crippen LogP contribution in [0.3, 0.4) is 0 Å². The summed E-state index contributed by atoms with van der Waals surface area (Å²) in [5.41, 5.74) is 5.90. The van der Waals surface area contributed by atoms with Gasteiger partial charge in [0.25, 0.3) is 0 Å². The van der Waals surface area contributed by atoms with Gasteiger partial charge in [0.05, 0.1) is 5.60 Å². The molecule has 0 amide bonds. The van der Waals surface area contributed by atoms with Gasteiger partial charge in [-0.2, -0.15) is 0 Å². The molecule has 0 saturated carbocycles. The molecule has 1 rings (SSSR count). The second-order valence-electron chi connectivity index (χ2n) is 6.29. The lowest BCUT2D eigenvalue weighted by molar-refractivity contribution is -0.0221. The maximum atomic E-state index is 5.98. The summed E-state index contributed by atoms with van der Waals surface area (Å²) >= 11 is 0. The molecule has 0 aromatic carbocycles. The van der Waals surface area contributed by atoms with E-state index in [4.69, 9.17) is 10.5 Å². The predicted octanol–water partition coefficient (Wildman–Crippen LogP) is 2.25. The predicted molar refractivity (Wildman–Crippen MR) is 73.1 cm³/mol. The Bertz CT molecular complexity index is 230. The van der Waals surface area contributed by atoms with Gasteiger partial charge >= 0.3 is 0 Å². The van der Waals surface area contributed by atoms with Crippen LogP contribution in [0.25, 0.3) is 0 Å². The van der Waals surface area contributed by atoms with Crippen LogP contribution in [-0.4, -0.2) is 42.8 Å². The molecule has 1 aliphatic rings. The Morgan fingerprint density at radius 2 is 2.00 bits per heavy atom. The molecule has 3 unspecified atom stereocenters. The third kappa shape index (κ3) is 4.23. The maximum Gasteiger partial charge on any atom is 0.0638 e. The summed E-state index contributed by atoms with van der Waals surface area (Å²) in [6.45, 7) is 10.9. The molecule has 1 aliphatic heterocycles. The van der Waals surface area contributed by atoms with Crippen molar-refractivity contribution in [3.05, 3.63) is 0 Å². The summed E-state index contributed by atoms with van der Waals surface area (Å²) in [5, 5.41) is 0. The van der Waals surface area contributed by atoms with Gasteiger partial charge in [-0.25, -0.2) is 0 Å². The summed E-state index contributed by atoms with van der Waals surface area (Å²) < 4.78 is 5.54. The normalized spacial score (nSPS) is 29.3. The molecule has 1 saturated heterocycles. The minimum Gasteiger partial charge on any atom is -0.379 e. The van der Waals surface area contributed by atoms with Crippen LogP contribution in [0, 0.1) is 5.92 Å². The zero-order chi connectivity index (χ0) is 13.1. The molecule has 0 aromatic heterocycles. The van der Waals surface area contributed by atoms with E-state index in [-0.39, 0.29) is 5.60 Å². The zero-order valence-corrected chi connectivity index (χ0v) is 12.2. The van der Waals surface area contributed by atoms with Crippen molar-refractivity contribution in [1.29, 1.82) is 0 Å². The molecule has 3 heteroatoms. The Morgan fingerprint density at radius 3 is 2.53 bits per heavy atom. The van der Waals surface area contributed by atoms with Crippen molar-refractivity contribution < 1.29 is 4.74 Å². The van der Waals surface area contributed by atoms with Gasteiger partial charge in [0.2, 0.25) is 0 Å². The van der Waals surface area contributed by atoms with E-state index in [0.717, 1.165) is 18.9 Å². The number of hydrogen-bond donors (Lipinski definition) is 1. The van der Waals surface area contributed by atoms with E-state index < -0.39 is 0 Å². The lowest BCUT2D eigenvalue weighted by Gasteiger charge is -2.43. The Labute approximate surface area is 107 Å². The van der Waals surface area contributed by atoms with Crippen molar-refractivity contribution in [3.8, 4) is 0 Å². The van der Waals surface area contributed by atoms with Crippen molar-refractivity contribution in [2.75, 3.05) is 20.2 Å². The summed E-state index contributed by atoms with van der Waals surface area (Å²) in [7, 11) is 1.79. The monoisotopic (exact) mass is 242 g/mol. The van der Waals surface area contributed by atoms with Gasteiger partial charge in [-0.15, -0.1) is 0 Å². The first-order valence-electron chi connectivity index (χ1n) is 6.90. The minimum absolute atomic E-state index is 0.0789. The first kappa shape index (κ1) is 14.9. The molecule has 1 fully saturated rings. The summed E-state index contributed by atoms with van der Waals surface area (Å²) in [4.78, 5) is 2.59. The zero-order valence-electron chi connectivity index (χ0n) is 12.2. The highest BCUT2D eigenvalue weighted by molar-refractivity contribution is 4.87. The van der Waals surface area contributed by atoms with E-state index in [2.05, 4.69) is 32.6 Å². The first-order chi connectivity index (χ1) is 7.89. The van der Waals surface area contributed by atoms with E-state index in [9.17, 15) is 0 Å². The Hall–Kier alpha value is -0.120. The largest absolute Gasteiger partial charge is 0.379 e. The topological polar surface area (TPSA) is 38.5 Å². The van der Waals surface area contributed by atoms with Gasteiger partial charge in [0.15, 0.2) is 0 Å². The molecular formula is C14H30N2O. The molecule has 2 N–H and O–H groups in total. The van der Waals surface area contributed by atoms with E-state index in [1.54, 1.807) is 7.11 Å². The second kappa shape index (κ2) is 6.17. The number of hydrogen-bond acceptors (Lipinski definition) is 3. The molecule has 1 heterocycles. The van der Waals surface area contributed by atoms with Crippen molar-refractivity contribution in [1.82, 2.24) is 4.90 Å². The lowest BCUT2D eigenvalue weighted by Crippen LogP contribution is -2.52. The van der Waals surface area contributed by atoms with Gasteiger partial charge in [0.1, 0.15) is 0 Å². The van der Waals surface area contributed by atoms with Crippen LogP contribution >= 0.6 is 0 Å². The smallest absolute Gasteiger partial charge is 0.0638 e. The lowest BCUT2D eigenvalue weighted by atomic mass is 9.90. The van der Waals surface area contributed by atoms with Crippen LogP contribution in [0.15, 0.2) is 0 Å². The van der Waals surface area contributed by atoms with Crippen molar-refractivity contribution in [2.24, 2.45) is 11.7 Å². The molecule has 0 aliphatic carbocycles. The highest BCUT2D eigenvalue weighted by Gasteiger charge is 2.32. The Kier molecular flexibility index (Phi) is 5.42. The van der Waals surface area contributed by atoms with E-state index >= 15 is 0 Å². The van der Waals surface area contributed by atoms with Crippen molar-refractivity contribution in [3.63, 3.8) is 0 Å². The van der Waals surface area contributed by atoms with Gasteiger partial charge in [-0.1, -0.05) is 6.92 Å². The molecule has 0 radical (unpaired) electrons. The SMILES string of the molecule is COC(C)(C)CC(CN)N1CC(C)CCC1C. The molecule has 3 atom stereocenters. The Morgan fingerprint density at radius 1 is 1.35 bits per heavy atom. The van der Waals surface area contributed by atoms with Crippen LogP contribution in [0.4, 0.5) is 0 Å². The first-order valence-corrected chi connectivity index (χ1v) is 6.90. The molecule has 0 spiro atoms. The molecule has 17 heavy (non-hydrogen) atoms. The Balaban J connectivity index is 2.65. The standard InChI is InChI=1S/C14H30N2O/c1-11-6-7-12(2)16(10-11)13(9-15)8-14(3,4)17-5/h11-13H,6-10,15H2,1-5H3. The fourth-order valence-electron chi connectivity index (χ4n) is 2.82. The number of nitrogens with two attached hydrogens (primary N) is 1. The fraction of sp³-hybridized carbons (Fsp3) is 1.00. The van der Waals surface area contributed by atoms with Gasteiger partial charge in [0, 0.05) is 32.3 Å². The van der Waals surface area contributed by atoms with Crippen molar-refractivity contribution in [2.45, 2.75) is 64.6 Å². The third-order valence-corrected chi connectivity index (χ3v) is 4.19. The fourth-order valence-corrected chi connectivity index (χ4v) is 2.82. The average Bonchev–Trinajstić information content (AvgIpc) is 2.29. The summed E-state index contributed by atoms with van der Waals surface area (Å²) in [6, 6.07) is 1.11. The van der Waals surface area contributed by atoms with Crippen LogP contribution in [0.5, 0.6) is 0 Å². The number of ether oxygens (including phenoxy) is 1. The van der Waals surface area contributed by atoms with Crippen LogP contribution < -0.4 is 5.73 Å². The molecule has 0 bridgehead atoms. The van der Waals surface area contributed by atoms with Crippen LogP contribution in [-0.2, 0) is 4.74 Å². The second-order valence-corrected chi connectivity index (χ2v) is 6.29. The number of likely N-dealkylation sites (tertiary alicyclic amines) is 1. The molecular weight excluding hydrogens is 212 g/mol. The number of rotatable bonds is 5. The molecule has 102 valence electrons. The van der Waals surface area contributed by atoms with Gasteiger partial charge < -0.3 is 10.5 Å². The van der Waals surface area contributed by atoms with E-state index in [1.807, 2.05) is 0 Å². The van der Waals surface area contributed by atoms with Crippen LogP contribution in [0.1, 0.15) is 47.0 Å². The number of methoxy groups -OCH3 is 1. The molecule has 0 aromatic rings. The van der Waals surface area contributed by atoms with E-state index in [0.29, 0.717) is 12.1 Å². The quantitative estimate of drug-likeness (QED) is 0.803. The number of nitrogens with zero attached hydrogens (tertiary/aromatic N) is 1. The van der Waals surface area contributed by atoms with E-state index in [1.165, 1.54) is 19.4 Å². The third-order valence-electron chi connectivity index (χ3n) is 4.19. The summed E-state index contributed by atoms with van der Waals surface area (Å²) in [5.74, 6) is 0.797. The molecule has 3 nitrogen and oxygen atoms in total. The highest BCUT2D eigenvalue weighted by atomic mass is 16.5. The number of piperidine rings is 1. The minimum atomic E-state index is -0.0789. The summed E-state index contributed by atoms with van der Waals surface area (Å²) in [6.07, 6.45) is 3.66. The highest BCUT2D eigenvalue weighted by Crippen LogP contribution is 2.27.